The monoisotopic (exact) mass is 324 g/mol. The van der Waals surface area contributed by atoms with E-state index in [1.807, 2.05) is 0 Å². The van der Waals surface area contributed by atoms with Gasteiger partial charge in [-0.25, -0.2) is 4.79 Å². The molecule has 0 heterocycles. The zero-order valence-corrected chi connectivity index (χ0v) is 13.8. The molecule has 1 aliphatic rings. The van der Waals surface area contributed by atoms with Gasteiger partial charge >= 0.3 is 5.97 Å². The third-order valence-corrected chi connectivity index (χ3v) is 4.03. The Bertz CT molecular complexity index is 493. The van der Waals surface area contributed by atoms with E-state index in [1.165, 1.54) is 6.92 Å². The van der Waals surface area contributed by atoms with Crippen LogP contribution in [0.5, 0.6) is 0 Å². The molecule has 0 aromatic heterocycles. The first kappa shape index (κ1) is 19.2. The molecule has 128 valence electrons. The first-order chi connectivity index (χ1) is 11.0. The summed E-state index contributed by atoms with van der Waals surface area (Å²) in [5, 5.41) is 0. The van der Waals surface area contributed by atoms with Gasteiger partial charge in [-0.3, -0.25) is 19.2 Å². The average Bonchev–Trinajstić information content (AvgIpc) is 2.73. The molecule has 1 aliphatic carbocycles. The molecule has 0 aromatic rings. The molecule has 0 unspecified atom stereocenters. The van der Waals surface area contributed by atoms with E-state index in [9.17, 15) is 24.0 Å². The Balaban J connectivity index is 2.59. The van der Waals surface area contributed by atoms with Crippen LogP contribution in [0.15, 0.2) is 0 Å². The van der Waals surface area contributed by atoms with Gasteiger partial charge in [-0.15, -0.1) is 0 Å². The van der Waals surface area contributed by atoms with E-state index in [0.717, 1.165) is 32.1 Å². The van der Waals surface area contributed by atoms with Crippen LogP contribution in [0.2, 0.25) is 0 Å². The summed E-state index contributed by atoms with van der Waals surface area (Å²) < 4.78 is 4.52. The molecule has 0 N–H and O–H groups in total. The minimum Gasteiger partial charge on any atom is -0.460 e. The quantitative estimate of drug-likeness (QED) is 0.263. The molecule has 23 heavy (non-hydrogen) atoms. The maximum absolute atomic E-state index is 12.2. The maximum Gasteiger partial charge on any atom is 0.375 e. The van der Waals surface area contributed by atoms with Crippen LogP contribution in [0, 0.1) is 11.8 Å². The Morgan fingerprint density at radius 2 is 1.52 bits per heavy atom. The van der Waals surface area contributed by atoms with Gasteiger partial charge in [0.2, 0.25) is 11.6 Å². The smallest absolute Gasteiger partial charge is 0.375 e. The highest BCUT2D eigenvalue weighted by Gasteiger charge is 2.53. The van der Waals surface area contributed by atoms with E-state index in [1.54, 1.807) is 0 Å². The van der Waals surface area contributed by atoms with E-state index in [0.29, 0.717) is 6.42 Å². The Hall–Kier alpha value is -1.85. The van der Waals surface area contributed by atoms with Crippen LogP contribution >= 0.6 is 0 Å². The lowest BCUT2D eigenvalue weighted by Crippen LogP contribution is -2.33. The standard InChI is InChI=1S/C17H24O6/c1-3-5-6-7-8-9-10-11-13(18)12(15(20)14(11)19)16(21)17(22)23-4-2/h11-12H,3-10H2,1-2H3/t11-,12-/m1/s1. The molecule has 1 rings (SSSR count). The average molecular weight is 324 g/mol. The molecular formula is C17H24O6. The lowest BCUT2D eigenvalue weighted by molar-refractivity contribution is -0.157. The van der Waals surface area contributed by atoms with Crippen LogP contribution in [0.3, 0.4) is 0 Å². The highest BCUT2D eigenvalue weighted by molar-refractivity contribution is 6.60. The van der Waals surface area contributed by atoms with E-state index in [4.69, 9.17) is 0 Å². The fourth-order valence-electron chi connectivity index (χ4n) is 2.74. The van der Waals surface area contributed by atoms with Crippen LogP contribution < -0.4 is 0 Å². The van der Waals surface area contributed by atoms with Gasteiger partial charge in [0.1, 0.15) is 0 Å². The molecule has 0 aliphatic heterocycles. The number of hydrogen-bond acceptors (Lipinski definition) is 6. The van der Waals surface area contributed by atoms with Crippen LogP contribution in [-0.2, 0) is 28.7 Å². The summed E-state index contributed by atoms with van der Waals surface area (Å²) in [4.78, 5) is 59.2. The van der Waals surface area contributed by atoms with Gasteiger partial charge in [-0.2, -0.15) is 0 Å². The van der Waals surface area contributed by atoms with Crippen molar-refractivity contribution in [2.45, 2.75) is 58.8 Å². The molecule has 6 nitrogen and oxygen atoms in total. The van der Waals surface area contributed by atoms with Gasteiger partial charge in [0.05, 0.1) is 12.5 Å². The van der Waals surface area contributed by atoms with Crippen molar-refractivity contribution in [3.63, 3.8) is 0 Å². The number of esters is 1. The third kappa shape index (κ3) is 4.81. The van der Waals surface area contributed by atoms with Crippen molar-refractivity contribution < 1.29 is 28.7 Å². The molecule has 0 amide bonds. The molecule has 6 heteroatoms. The van der Waals surface area contributed by atoms with Gasteiger partial charge in [0, 0.05) is 0 Å². The minimum atomic E-state index is -1.79. The summed E-state index contributed by atoms with van der Waals surface area (Å²) in [5.41, 5.74) is 0. The number of ketones is 4. The second-order valence-electron chi connectivity index (χ2n) is 5.76. The molecular weight excluding hydrogens is 300 g/mol. The second kappa shape index (κ2) is 9.33. The highest BCUT2D eigenvalue weighted by atomic mass is 16.5. The van der Waals surface area contributed by atoms with E-state index < -0.39 is 40.9 Å². The summed E-state index contributed by atoms with van der Waals surface area (Å²) in [5.74, 6) is -7.96. The minimum absolute atomic E-state index is 0.0329. The van der Waals surface area contributed by atoms with Gasteiger partial charge in [0.15, 0.2) is 11.7 Å². The van der Waals surface area contributed by atoms with Gasteiger partial charge in [-0.05, 0) is 13.3 Å². The maximum atomic E-state index is 12.2. The summed E-state index contributed by atoms with van der Waals surface area (Å²) in [6, 6.07) is 0. The van der Waals surface area contributed by atoms with Crippen LogP contribution in [0.25, 0.3) is 0 Å². The van der Waals surface area contributed by atoms with E-state index in [2.05, 4.69) is 11.7 Å². The molecule has 1 saturated carbocycles. The van der Waals surface area contributed by atoms with E-state index in [-0.39, 0.29) is 13.0 Å². The number of unbranched alkanes of at least 4 members (excludes halogenated alkanes) is 5. The fourth-order valence-corrected chi connectivity index (χ4v) is 2.74. The number of hydrogen-bond donors (Lipinski definition) is 0. The second-order valence-corrected chi connectivity index (χ2v) is 5.76. The van der Waals surface area contributed by atoms with Crippen molar-refractivity contribution in [2.24, 2.45) is 11.8 Å². The van der Waals surface area contributed by atoms with Gasteiger partial charge < -0.3 is 4.74 Å². The lowest BCUT2D eigenvalue weighted by Gasteiger charge is -2.07. The number of Topliss-reactive ketones (excluding diaryl/α,β-unsaturated/α-hetero) is 4. The fraction of sp³-hybridized carbons (Fsp3) is 0.706. The van der Waals surface area contributed by atoms with Gasteiger partial charge in [0.25, 0.3) is 5.78 Å². The lowest BCUT2D eigenvalue weighted by atomic mass is 9.94. The Morgan fingerprint density at radius 1 is 0.913 bits per heavy atom. The summed E-state index contributed by atoms with van der Waals surface area (Å²) in [6.45, 7) is 3.59. The largest absolute Gasteiger partial charge is 0.460 e. The Kier molecular flexibility index (Phi) is 7.78. The number of ether oxygens (including phenoxy) is 1. The van der Waals surface area contributed by atoms with Crippen LogP contribution in [0.1, 0.15) is 58.8 Å². The predicted molar refractivity (Wildman–Crippen MR) is 81.6 cm³/mol. The normalized spacial score (nSPS) is 20.9. The van der Waals surface area contributed by atoms with E-state index >= 15 is 0 Å². The Labute approximate surface area is 135 Å². The molecule has 0 spiro atoms. The molecule has 0 bridgehead atoms. The van der Waals surface area contributed by atoms with Crippen molar-refractivity contribution in [3.05, 3.63) is 0 Å². The van der Waals surface area contributed by atoms with Crippen molar-refractivity contribution in [3.8, 4) is 0 Å². The highest BCUT2D eigenvalue weighted by Crippen LogP contribution is 2.27. The number of carbonyl (C=O) groups excluding carboxylic acids is 5. The molecule has 0 saturated heterocycles. The number of carbonyl (C=O) groups is 5. The molecule has 1 fully saturated rings. The first-order valence-corrected chi connectivity index (χ1v) is 8.28. The summed E-state index contributed by atoms with van der Waals surface area (Å²) in [6.07, 6.45) is 6.19. The third-order valence-electron chi connectivity index (χ3n) is 4.03. The number of rotatable bonds is 10. The first-order valence-electron chi connectivity index (χ1n) is 8.28. The molecule has 0 radical (unpaired) electrons. The van der Waals surface area contributed by atoms with Crippen molar-refractivity contribution in [1.82, 2.24) is 0 Å². The molecule has 0 aromatic carbocycles. The summed E-state index contributed by atoms with van der Waals surface area (Å²) >= 11 is 0. The Morgan fingerprint density at radius 3 is 2.13 bits per heavy atom. The van der Waals surface area contributed by atoms with Crippen molar-refractivity contribution in [2.75, 3.05) is 6.61 Å². The van der Waals surface area contributed by atoms with Crippen LogP contribution in [-0.4, -0.2) is 35.7 Å². The zero-order chi connectivity index (χ0) is 17.4. The van der Waals surface area contributed by atoms with Crippen LogP contribution in [0.4, 0.5) is 0 Å². The predicted octanol–water partition coefficient (Wildman–Crippen LogP) is 1.82. The molecule has 2 atom stereocenters. The van der Waals surface area contributed by atoms with Crippen molar-refractivity contribution >= 4 is 29.1 Å². The zero-order valence-electron chi connectivity index (χ0n) is 13.8. The topological polar surface area (TPSA) is 94.6 Å². The van der Waals surface area contributed by atoms with Gasteiger partial charge in [-0.1, -0.05) is 45.4 Å². The van der Waals surface area contributed by atoms with Crippen molar-refractivity contribution in [1.29, 1.82) is 0 Å². The SMILES string of the molecule is CCCCCCCC[C@H]1C(=O)C(=O)[C@H](C(=O)C(=O)OCC)C1=O. The summed E-state index contributed by atoms with van der Waals surface area (Å²) in [7, 11) is 0.